The Morgan fingerprint density at radius 2 is 1.91 bits per heavy atom. The number of benzene rings is 1. The van der Waals surface area contributed by atoms with E-state index in [9.17, 15) is 13.2 Å². The van der Waals surface area contributed by atoms with Gasteiger partial charge in [-0.1, -0.05) is 12.1 Å². The average Bonchev–Trinajstić information content (AvgIpc) is 3.59. The molecule has 1 saturated carbocycles. The van der Waals surface area contributed by atoms with Crippen molar-refractivity contribution in [2.45, 2.75) is 32.6 Å². The summed E-state index contributed by atoms with van der Waals surface area (Å²) in [4.78, 5) is 22.7. The molecule has 0 atom stereocenters. The maximum Gasteiger partial charge on any atom is 0.256 e. The first-order valence-corrected chi connectivity index (χ1v) is 12.8. The molecular formula is C24H24N6O3S. The molecule has 1 amide bonds. The zero-order valence-corrected chi connectivity index (χ0v) is 19.8. The predicted octanol–water partition coefficient (Wildman–Crippen LogP) is 3.93. The van der Waals surface area contributed by atoms with E-state index in [4.69, 9.17) is 4.98 Å². The summed E-state index contributed by atoms with van der Waals surface area (Å²) >= 11 is 0. The number of sulfonamides is 1. The van der Waals surface area contributed by atoms with Crippen molar-refractivity contribution in [2.75, 3.05) is 16.3 Å². The first-order chi connectivity index (χ1) is 16.2. The molecule has 174 valence electrons. The van der Waals surface area contributed by atoms with Crippen molar-refractivity contribution in [2.24, 2.45) is 0 Å². The minimum atomic E-state index is -3.45. The van der Waals surface area contributed by atoms with Crippen LogP contribution in [0, 0.1) is 13.8 Å². The lowest BCUT2D eigenvalue weighted by molar-refractivity contribution is 0.102. The van der Waals surface area contributed by atoms with Gasteiger partial charge in [0.05, 0.1) is 28.6 Å². The summed E-state index contributed by atoms with van der Waals surface area (Å²) in [5.41, 5.74) is 4.24. The second-order valence-electron chi connectivity index (χ2n) is 8.61. The molecular weight excluding hydrogens is 452 g/mol. The van der Waals surface area contributed by atoms with E-state index in [0.29, 0.717) is 45.4 Å². The summed E-state index contributed by atoms with van der Waals surface area (Å²) in [7, 11) is -3.45. The van der Waals surface area contributed by atoms with Gasteiger partial charge in [0.25, 0.3) is 5.91 Å². The number of fused-ring (bicyclic) bond motifs is 1. The lowest BCUT2D eigenvalue weighted by atomic mass is 10.1. The van der Waals surface area contributed by atoms with Crippen LogP contribution in [0.5, 0.6) is 0 Å². The maximum atomic E-state index is 13.5. The molecule has 9 nitrogen and oxygen atoms in total. The number of carbonyl (C=O) groups excluding carboxylic acids is 1. The Morgan fingerprint density at radius 3 is 2.59 bits per heavy atom. The molecule has 34 heavy (non-hydrogen) atoms. The lowest BCUT2D eigenvalue weighted by Gasteiger charge is -2.12. The Balaban J connectivity index is 1.58. The van der Waals surface area contributed by atoms with Crippen LogP contribution in [0.1, 0.15) is 46.1 Å². The molecule has 1 fully saturated rings. The number of hydrogen-bond acceptors (Lipinski definition) is 6. The van der Waals surface area contributed by atoms with Crippen LogP contribution >= 0.6 is 0 Å². The number of nitrogens with zero attached hydrogens (tertiary/aromatic N) is 4. The maximum absolute atomic E-state index is 13.5. The van der Waals surface area contributed by atoms with E-state index in [2.05, 4.69) is 20.1 Å². The van der Waals surface area contributed by atoms with Crippen LogP contribution in [-0.4, -0.2) is 40.3 Å². The first-order valence-electron chi connectivity index (χ1n) is 10.9. The standard InChI is InChI=1S/C24H24N6O3S/c1-14-7-10-17(12-19(14)29-34(3,32)33)26-24(31)18-13-20(16-8-9-16)27-23-22(18)15(2)28-30(23)21-6-4-5-11-25-21/h4-7,10-13,16,29H,8-9H2,1-3H3,(H,26,31). The Hall–Kier alpha value is -3.79. The number of aryl methyl sites for hydroxylation is 2. The van der Waals surface area contributed by atoms with E-state index in [1.807, 2.05) is 31.2 Å². The van der Waals surface area contributed by atoms with E-state index in [1.54, 1.807) is 36.0 Å². The average molecular weight is 477 g/mol. The normalized spacial score (nSPS) is 13.7. The Morgan fingerprint density at radius 1 is 1.12 bits per heavy atom. The molecule has 0 saturated heterocycles. The summed E-state index contributed by atoms with van der Waals surface area (Å²) in [5, 5.41) is 8.21. The molecule has 0 spiro atoms. The molecule has 1 aliphatic rings. The number of nitrogens with one attached hydrogen (secondary N) is 2. The van der Waals surface area contributed by atoms with Gasteiger partial charge in [0, 0.05) is 23.5 Å². The monoisotopic (exact) mass is 476 g/mol. The van der Waals surface area contributed by atoms with Crippen LogP contribution in [0.3, 0.4) is 0 Å². The van der Waals surface area contributed by atoms with Gasteiger partial charge < -0.3 is 5.32 Å². The minimum Gasteiger partial charge on any atom is -0.322 e. The summed E-state index contributed by atoms with van der Waals surface area (Å²) in [5.74, 6) is 0.642. The molecule has 0 unspecified atom stereocenters. The molecule has 0 aliphatic heterocycles. The van der Waals surface area contributed by atoms with Gasteiger partial charge in [-0.3, -0.25) is 9.52 Å². The van der Waals surface area contributed by atoms with Gasteiger partial charge >= 0.3 is 0 Å². The Bertz CT molecular complexity index is 1530. The third-order valence-electron chi connectivity index (χ3n) is 5.73. The molecule has 0 radical (unpaired) electrons. The predicted molar refractivity (Wildman–Crippen MR) is 131 cm³/mol. The van der Waals surface area contributed by atoms with Crippen molar-refractivity contribution in [3.05, 3.63) is 71.2 Å². The third-order valence-corrected chi connectivity index (χ3v) is 6.32. The summed E-state index contributed by atoms with van der Waals surface area (Å²) in [6.07, 6.45) is 4.85. The zero-order chi connectivity index (χ0) is 24.0. The van der Waals surface area contributed by atoms with Crippen LogP contribution in [0.15, 0.2) is 48.7 Å². The summed E-state index contributed by atoms with van der Waals surface area (Å²) < 4.78 is 27.6. The highest BCUT2D eigenvalue weighted by Gasteiger charge is 2.29. The van der Waals surface area contributed by atoms with E-state index in [-0.39, 0.29) is 5.91 Å². The van der Waals surface area contributed by atoms with Gasteiger partial charge in [0.1, 0.15) is 0 Å². The molecule has 1 aliphatic carbocycles. The quantitative estimate of drug-likeness (QED) is 0.435. The number of anilines is 2. The van der Waals surface area contributed by atoms with Crippen LogP contribution < -0.4 is 10.0 Å². The molecule has 5 rings (SSSR count). The largest absolute Gasteiger partial charge is 0.322 e. The fourth-order valence-electron chi connectivity index (χ4n) is 3.92. The highest BCUT2D eigenvalue weighted by molar-refractivity contribution is 7.92. The highest BCUT2D eigenvalue weighted by Crippen LogP contribution is 2.40. The summed E-state index contributed by atoms with van der Waals surface area (Å²) in [6.45, 7) is 3.64. The highest BCUT2D eigenvalue weighted by atomic mass is 32.2. The molecule has 3 aromatic heterocycles. The molecule has 4 aromatic rings. The second kappa shape index (κ2) is 8.21. The number of pyridine rings is 2. The van der Waals surface area contributed by atoms with Gasteiger partial charge in [-0.25, -0.2) is 18.4 Å². The van der Waals surface area contributed by atoms with Gasteiger partial charge in [-0.15, -0.1) is 0 Å². The van der Waals surface area contributed by atoms with Crippen LogP contribution in [0.2, 0.25) is 0 Å². The summed E-state index contributed by atoms with van der Waals surface area (Å²) in [6, 6.07) is 12.5. The molecule has 10 heteroatoms. The number of aromatic nitrogens is 4. The van der Waals surface area contributed by atoms with Gasteiger partial charge in [0.2, 0.25) is 10.0 Å². The van der Waals surface area contributed by atoms with Crippen molar-refractivity contribution < 1.29 is 13.2 Å². The molecule has 0 bridgehead atoms. The smallest absolute Gasteiger partial charge is 0.256 e. The number of rotatable bonds is 6. The fourth-order valence-corrected chi connectivity index (χ4v) is 4.54. The number of amides is 1. The van der Waals surface area contributed by atoms with Crippen molar-refractivity contribution in [1.82, 2.24) is 19.7 Å². The van der Waals surface area contributed by atoms with Gasteiger partial charge in [-0.2, -0.15) is 9.78 Å². The lowest BCUT2D eigenvalue weighted by Crippen LogP contribution is -2.15. The van der Waals surface area contributed by atoms with Crippen LogP contribution in [-0.2, 0) is 10.0 Å². The van der Waals surface area contributed by atoms with Gasteiger partial charge in [-0.05, 0) is 62.6 Å². The van der Waals surface area contributed by atoms with E-state index < -0.39 is 10.0 Å². The number of carbonyl (C=O) groups is 1. The Labute approximate surface area is 197 Å². The van der Waals surface area contributed by atoms with E-state index >= 15 is 0 Å². The van der Waals surface area contributed by atoms with E-state index in [0.717, 1.165) is 30.4 Å². The minimum absolute atomic E-state index is 0.313. The fraction of sp³-hybridized carbons (Fsp3) is 0.250. The molecule has 1 aromatic carbocycles. The van der Waals surface area contributed by atoms with Crippen molar-refractivity contribution in [1.29, 1.82) is 0 Å². The molecule has 3 heterocycles. The Kier molecular flexibility index (Phi) is 5.32. The van der Waals surface area contributed by atoms with Crippen LogP contribution in [0.25, 0.3) is 16.9 Å². The second-order valence-corrected chi connectivity index (χ2v) is 10.4. The van der Waals surface area contributed by atoms with Gasteiger partial charge in [0.15, 0.2) is 11.5 Å². The third kappa shape index (κ3) is 4.36. The van der Waals surface area contributed by atoms with Crippen molar-refractivity contribution in [3.63, 3.8) is 0 Å². The van der Waals surface area contributed by atoms with Crippen LogP contribution in [0.4, 0.5) is 11.4 Å². The van der Waals surface area contributed by atoms with Crippen molar-refractivity contribution >= 4 is 38.3 Å². The first kappa shape index (κ1) is 22.0. The zero-order valence-electron chi connectivity index (χ0n) is 19.0. The number of hydrogen-bond donors (Lipinski definition) is 2. The van der Waals surface area contributed by atoms with Crippen molar-refractivity contribution in [3.8, 4) is 5.82 Å². The topological polar surface area (TPSA) is 119 Å². The van der Waals surface area contributed by atoms with E-state index in [1.165, 1.54) is 0 Å². The molecule has 2 N–H and O–H groups in total. The SMILES string of the molecule is Cc1ccc(NC(=O)c2cc(C3CC3)nc3c2c(C)nn3-c2ccccn2)cc1NS(C)(=O)=O.